The van der Waals surface area contributed by atoms with E-state index in [-0.39, 0.29) is 12.0 Å². The van der Waals surface area contributed by atoms with E-state index in [1.165, 1.54) is 17.9 Å². The molecule has 1 aliphatic rings. The summed E-state index contributed by atoms with van der Waals surface area (Å²) in [6.07, 6.45) is 1.22. The summed E-state index contributed by atoms with van der Waals surface area (Å²) < 4.78 is 5.22. The fraction of sp³-hybridized carbons (Fsp3) is 1.00. The number of thioether (sulfide) groups is 1. The van der Waals surface area contributed by atoms with Crippen LogP contribution < -0.4 is 0 Å². The molecule has 1 aliphatic heterocycles. The maximum atomic E-state index is 9.37. The fourth-order valence-corrected chi connectivity index (χ4v) is 2.72. The SMILES string of the molecule is CCSCCC(C)N(C)CC1(CO)COC1. The summed E-state index contributed by atoms with van der Waals surface area (Å²) in [5, 5.41) is 9.37. The van der Waals surface area contributed by atoms with Crippen molar-refractivity contribution in [1.82, 2.24) is 4.90 Å². The standard InChI is InChI=1S/C12H25NO2S/c1-4-16-6-5-11(2)13(3)7-12(8-14)9-15-10-12/h11,14H,4-10H2,1-3H3. The summed E-state index contributed by atoms with van der Waals surface area (Å²) in [5.41, 5.74) is 0.0148. The summed E-state index contributed by atoms with van der Waals surface area (Å²) >= 11 is 2.00. The van der Waals surface area contributed by atoms with Gasteiger partial charge >= 0.3 is 0 Å². The number of aliphatic hydroxyl groups excluding tert-OH is 1. The molecule has 1 unspecified atom stereocenters. The lowest BCUT2D eigenvalue weighted by Crippen LogP contribution is -2.54. The molecule has 1 atom stereocenters. The Kier molecular flexibility index (Phi) is 6.11. The van der Waals surface area contributed by atoms with E-state index >= 15 is 0 Å². The van der Waals surface area contributed by atoms with Gasteiger partial charge in [-0.3, -0.25) is 0 Å². The topological polar surface area (TPSA) is 32.7 Å². The predicted molar refractivity (Wildman–Crippen MR) is 70.0 cm³/mol. The first-order chi connectivity index (χ1) is 7.63. The Bertz CT molecular complexity index is 192. The Hall–Kier alpha value is 0.230. The van der Waals surface area contributed by atoms with Crippen LogP contribution in [-0.4, -0.2) is 61.0 Å². The van der Waals surface area contributed by atoms with Crippen LogP contribution >= 0.6 is 11.8 Å². The Labute approximate surface area is 104 Å². The summed E-state index contributed by atoms with van der Waals surface area (Å²) in [6, 6.07) is 0.586. The molecule has 0 radical (unpaired) electrons. The van der Waals surface area contributed by atoms with Crippen molar-refractivity contribution in [2.75, 3.05) is 44.9 Å². The van der Waals surface area contributed by atoms with Crippen molar-refractivity contribution in [1.29, 1.82) is 0 Å². The second kappa shape index (κ2) is 6.84. The van der Waals surface area contributed by atoms with Crippen LogP contribution in [0.5, 0.6) is 0 Å². The minimum absolute atomic E-state index is 0.0148. The molecule has 1 fully saturated rings. The van der Waals surface area contributed by atoms with Gasteiger partial charge in [-0.2, -0.15) is 11.8 Å². The molecule has 1 saturated heterocycles. The molecule has 4 heteroatoms. The summed E-state index contributed by atoms with van der Waals surface area (Å²) in [5.74, 6) is 2.43. The third-order valence-corrected chi connectivity index (χ3v) is 4.31. The molecule has 0 aromatic rings. The first-order valence-electron chi connectivity index (χ1n) is 6.10. The molecule has 0 amide bonds. The minimum atomic E-state index is 0.0148. The third-order valence-electron chi connectivity index (χ3n) is 3.37. The molecule has 0 spiro atoms. The van der Waals surface area contributed by atoms with Crippen LogP contribution in [0.3, 0.4) is 0 Å². The van der Waals surface area contributed by atoms with Crippen molar-refractivity contribution in [3.05, 3.63) is 0 Å². The van der Waals surface area contributed by atoms with Crippen LogP contribution in [-0.2, 0) is 4.74 Å². The zero-order valence-electron chi connectivity index (χ0n) is 10.7. The zero-order valence-corrected chi connectivity index (χ0v) is 11.6. The largest absolute Gasteiger partial charge is 0.396 e. The van der Waals surface area contributed by atoms with Gasteiger partial charge in [0, 0.05) is 12.6 Å². The molecule has 0 saturated carbocycles. The van der Waals surface area contributed by atoms with Gasteiger partial charge in [0.1, 0.15) is 0 Å². The van der Waals surface area contributed by atoms with Gasteiger partial charge in [0.15, 0.2) is 0 Å². The van der Waals surface area contributed by atoms with Crippen molar-refractivity contribution >= 4 is 11.8 Å². The molecule has 0 aromatic carbocycles. The average Bonchev–Trinajstić information content (AvgIpc) is 2.23. The normalized spacial score (nSPS) is 20.8. The molecule has 1 N–H and O–H groups in total. The number of ether oxygens (including phenoxy) is 1. The minimum Gasteiger partial charge on any atom is -0.396 e. The van der Waals surface area contributed by atoms with Crippen LogP contribution in [0.25, 0.3) is 0 Å². The van der Waals surface area contributed by atoms with Gasteiger partial charge in [-0.25, -0.2) is 0 Å². The lowest BCUT2D eigenvalue weighted by atomic mass is 9.86. The summed E-state index contributed by atoms with van der Waals surface area (Å²) in [6.45, 7) is 7.08. The van der Waals surface area contributed by atoms with E-state index in [1.54, 1.807) is 0 Å². The molecule has 1 rings (SSSR count). The van der Waals surface area contributed by atoms with Gasteiger partial charge in [-0.05, 0) is 31.9 Å². The number of rotatable bonds is 8. The molecule has 0 bridgehead atoms. The molecule has 1 heterocycles. The lowest BCUT2D eigenvalue weighted by molar-refractivity contribution is -0.148. The van der Waals surface area contributed by atoms with Gasteiger partial charge in [-0.15, -0.1) is 0 Å². The van der Waals surface area contributed by atoms with Crippen LogP contribution in [0.2, 0.25) is 0 Å². The first kappa shape index (κ1) is 14.3. The monoisotopic (exact) mass is 247 g/mol. The number of hydrogen-bond donors (Lipinski definition) is 1. The number of aliphatic hydroxyl groups is 1. The van der Waals surface area contributed by atoms with Crippen molar-refractivity contribution in [2.45, 2.75) is 26.3 Å². The van der Waals surface area contributed by atoms with Crippen LogP contribution in [0, 0.1) is 5.41 Å². The van der Waals surface area contributed by atoms with Crippen LogP contribution in [0.15, 0.2) is 0 Å². The maximum Gasteiger partial charge on any atom is 0.0579 e. The first-order valence-corrected chi connectivity index (χ1v) is 7.25. The number of hydrogen-bond acceptors (Lipinski definition) is 4. The molecule has 3 nitrogen and oxygen atoms in total. The van der Waals surface area contributed by atoms with E-state index in [0.29, 0.717) is 19.3 Å². The number of nitrogens with zero attached hydrogens (tertiary/aromatic N) is 1. The fourth-order valence-electron chi connectivity index (χ4n) is 1.93. The van der Waals surface area contributed by atoms with Gasteiger partial charge in [0.05, 0.1) is 25.2 Å². The second-order valence-corrected chi connectivity index (χ2v) is 6.29. The quantitative estimate of drug-likeness (QED) is 0.658. The molecular formula is C12H25NO2S. The highest BCUT2D eigenvalue weighted by molar-refractivity contribution is 7.99. The zero-order chi connectivity index (χ0) is 12.0. The highest BCUT2D eigenvalue weighted by Crippen LogP contribution is 2.28. The predicted octanol–water partition coefficient (Wildman–Crippen LogP) is 1.46. The van der Waals surface area contributed by atoms with E-state index in [0.717, 1.165) is 6.54 Å². The highest BCUT2D eigenvalue weighted by atomic mass is 32.2. The van der Waals surface area contributed by atoms with E-state index in [4.69, 9.17) is 4.74 Å². The van der Waals surface area contributed by atoms with Gasteiger partial charge in [-0.1, -0.05) is 6.92 Å². The van der Waals surface area contributed by atoms with E-state index in [1.807, 2.05) is 11.8 Å². The molecule has 96 valence electrons. The summed E-state index contributed by atoms with van der Waals surface area (Å²) in [4.78, 5) is 2.36. The lowest BCUT2D eigenvalue weighted by Gasteiger charge is -2.43. The molecular weight excluding hydrogens is 222 g/mol. The average molecular weight is 247 g/mol. The van der Waals surface area contributed by atoms with Crippen LogP contribution in [0.1, 0.15) is 20.3 Å². The van der Waals surface area contributed by atoms with Crippen molar-refractivity contribution in [2.24, 2.45) is 5.41 Å². The van der Waals surface area contributed by atoms with Gasteiger partial charge < -0.3 is 14.7 Å². The Morgan fingerprint density at radius 2 is 2.19 bits per heavy atom. The Morgan fingerprint density at radius 3 is 2.62 bits per heavy atom. The van der Waals surface area contributed by atoms with Crippen LogP contribution in [0.4, 0.5) is 0 Å². The van der Waals surface area contributed by atoms with E-state index in [9.17, 15) is 5.11 Å². The molecule has 0 aliphatic carbocycles. The molecule has 0 aromatic heterocycles. The van der Waals surface area contributed by atoms with Crippen molar-refractivity contribution in [3.63, 3.8) is 0 Å². The third kappa shape index (κ3) is 3.91. The van der Waals surface area contributed by atoms with E-state index in [2.05, 4.69) is 25.8 Å². The van der Waals surface area contributed by atoms with Gasteiger partial charge in [0.2, 0.25) is 0 Å². The van der Waals surface area contributed by atoms with Crippen molar-refractivity contribution in [3.8, 4) is 0 Å². The van der Waals surface area contributed by atoms with Crippen molar-refractivity contribution < 1.29 is 9.84 Å². The molecule has 16 heavy (non-hydrogen) atoms. The van der Waals surface area contributed by atoms with Gasteiger partial charge in [0.25, 0.3) is 0 Å². The summed E-state index contributed by atoms with van der Waals surface area (Å²) in [7, 11) is 2.15. The van der Waals surface area contributed by atoms with E-state index < -0.39 is 0 Å². The smallest absolute Gasteiger partial charge is 0.0579 e. The second-order valence-electron chi connectivity index (χ2n) is 4.90. The Morgan fingerprint density at radius 1 is 1.50 bits per heavy atom. The Balaban J connectivity index is 2.24. The highest BCUT2D eigenvalue weighted by Gasteiger charge is 2.39. The maximum absolute atomic E-state index is 9.37.